The van der Waals surface area contributed by atoms with Gasteiger partial charge in [-0.15, -0.1) is 0 Å². The molecule has 0 saturated heterocycles. The lowest BCUT2D eigenvalue weighted by Gasteiger charge is -2.17. The van der Waals surface area contributed by atoms with Gasteiger partial charge in [-0.3, -0.25) is 4.21 Å². The second-order valence-electron chi connectivity index (χ2n) is 4.45. The Morgan fingerprint density at radius 1 is 1.38 bits per heavy atom. The van der Waals surface area contributed by atoms with Crippen LogP contribution in [0, 0.1) is 11.6 Å². The maximum atomic E-state index is 13.2. The molecule has 5 heteroatoms. The standard InChI is InChI=1S/C11H15F2NOS/c1-11(2,14)7-16(15)6-8-3-4-9(12)5-10(8)13/h3-5H,6-7,14H2,1-2H3. The molecule has 0 spiro atoms. The van der Waals surface area contributed by atoms with Crippen LogP contribution in [0.25, 0.3) is 0 Å². The quantitative estimate of drug-likeness (QED) is 0.883. The van der Waals surface area contributed by atoms with Gasteiger partial charge in [0.2, 0.25) is 0 Å². The van der Waals surface area contributed by atoms with E-state index < -0.39 is 28.0 Å². The second-order valence-corrected chi connectivity index (χ2v) is 5.91. The van der Waals surface area contributed by atoms with Gasteiger partial charge in [0.15, 0.2) is 0 Å². The Balaban J connectivity index is 2.70. The molecule has 2 N–H and O–H groups in total. The number of benzene rings is 1. The molecule has 0 fully saturated rings. The third-order valence-corrected chi connectivity index (χ3v) is 3.56. The van der Waals surface area contributed by atoms with E-state index >= 15 is 0 Å². The molecule has 0 aliphatic carbocycles. The lowest BCUT2D eigenvalue weighted by atomic mass is 10.1. The summed E-state index contributed by atoms with van der Waals surface area (Å²) in [6, 6.07) is 3.26. The van der Waals surface area contributed by atoms with Crippen molar-refractivity contribution in [3.63, 3.8) is 0 Å². The largest absolute Gasteiger partial charge is 0.325 e. The van der Waals surface area contributed by atoms with Gasteiger partial charge < -0.3 is 5.73 Å². The first-order valence-corrected chi connectivity index (χ1v) is 6.34. The highest BCUT2D eigenvalue weighted by molar-refractivity contribution is 7.84. The summed E-state index contributed by atoms with van der Waals surface area (Å²) in [6.45, 7) is 3.51. The Morgan fingerprint density at radius 3 is 2.50 bits per heavy atom. The van der Waals surface area contributed by atoms with Crippen molar-refractivity contribution in [1.82, 2.24) is 0 Å². The zero-order chi connectivity index (χ0) is 12.3. The lowest BCUT2D eigenvalue weighted by Crippen LogP contribution is -2.38. The molecule has 0 amide bonds. The van der Waals surface area contributed by atoms with Crippen molar-refractivity contribution in [2.45, 2.75) is 25.1 Å². The molecule has 0 bridgehead atoms. The van der Waals surface area contributed by atoms with E-state index in [2.05, 4.69) is 0 Å². The normalized spacial score (nSPS) is 13.8. The van der Waals surface area contributed by atoms with Crippen molar-refractivity contribution >= 4 is 10.8 Å². The van der Waals surface area contributed by atoms with Gasteiger partial charge in [0, 0.05) is 33.7 Å². The minimum absolute atomic E-state index is 0.0622. The van der Waals surface area contributed by atoms with Crippen molar-refractivity contribution in [2.24, 2.45) is 5.73 Å². The second kappa shape index (κ2) is 5.01. The van der Waals surface area contributed by atoms with Crippen molar-refractivity contribution in [3.8, 4) is 0 Å². The number of hydrogen-bond acceptors (Lipinski definition) is 2. The van der Waals surface area contributed by atoms with Gasteiger partial charge in [0.05, 0.1) is 5.75 Å². The number of hydrogen-bond donors (Lipinski definition) is 1. The smallest absolute Gasteiger partial charge is 0.130 e. The predicted octanol–water partition coefficient (Wildman–Crippen LogP) is 1.95. The summed E-state index contributed by atoms with van der Waals surface area (Å²) >= 11 is 0. The molecule has 16 heavy (non-hydrogen) atoms. The molecule has 0 aliphatic heterocycles. The summed E-state index contributed by atoms with van der Waals surface area (Å²) in [7, 11) is -1.24. The number of nitrogens with two attached hydrogens (primary N) is 1. The summed E-state index contributed by atoms with van der Waals surface area (Å²) in [5, 5.41) is 0. The van der Waals surface area contributed by atoms with E-state index in [9.17, 15) is 13.0 Å². The Morgan fingerprint density at radius 2 is 2.00 bits per heavy atom. The van der Waals surface area contributed by atoms with E-state index in [1.54, 1.807) is 13.8 Å². The first kappa shape index (κ1) is 13.3. The molecule has 1 aromatic carbocycles. The Kier molecular flexibility index (Phi) is 4.15. The third kappa shape index (κ3) is 4.37. The molecule has 0 radical (unpaired) electrons. The zero-order valence-electron chi connectivity index (χ0n) is 9.30. The Bertz CT molecular complexity index is 401. The molecule has 2 nitrogen and oxygen atoms in total. The summed E-state index contributed by atoms with van der Waals surface area (Å²) in [5.41, 5.74) is 5.40. The highest BCUT2D eigenvalue weighted by atomic mass is 32.2. The molecular weight excluding hydrogens is 232 g/mol. The van der Waals surface area contributed by atoms with Crippen LogP contribution in [0.15, 0.2) is 18.2 Å². The zero-order valence-corrected chi connectivity index (χ0v) is 10.1. The molecule has 0 saturated carbocycles. The van der Waals surface area contributed by atoms with E-state index in [-0.39, 0.29) is 17.1 Å². The van der Waals surface area contributed by atoms with Gasteiger partial charge in [-0.1, -0.05) is 6.07 Å². The lowest BCUT2D eigenvalue weighted by molar-refractivity contribution is 0.569. The summed E-state index contributed by atoms with van der Waals surface area (Å²) in [4.78, 5) is 0. The summed E-state index contributed by atoms with van der Waals surface area (Å²) in [5.74, 6) is -0.953. The van der Waals surface area contributed by atoms with E-state index in [0.717, 1.165) is 12.1 Å². The molecule has 1 aromatic rings. The Labute approximate surface area is 96.3 Å². The Hall–Kier alpha value is -0.810. The molecular formula is C11H15F2NOS. The van der Waals surface area contributed by atoms with Crippen molar-refractivity contribution in [3.05, 3.63) is 35.4 Å². The SMILES string of the molecule is CC(C)(N)CS(=O)Cc1ccc(F)cc1F. The first-order valence-electron chi connectivity index (χ1n) is 4.86. The summed E-state index contributed by atoms with van der Waals surface area (Å²) in [6.07, 6.45) is 0. The molecule has 1 rings (SSSR count). The fourth-order valence-electron chi connectivity index (χ4n) is 1.28. The van der Waals surface area contributed by atoms with E-state index in [0.29, 0.717) is 0 Å². The van der Waals surface area contributed by atoms with Crippen molar-refractivity contribution in [2.75, 3.05) is 5.75 Å². The van der Waals surface area contributed by atoms with Crippen LogP contribution in [0.3, 0.4) is 0 Å². The first-order chi connectivity index (χ1) is 7.28. The van der Waals surface area contributed by atoms with Gasteiger partial charge in [-0.25, -0.2) is 8.78 Å². The average molecular weight is 247 g/mol. The highest BCUT2D eigenvalue weighted by Crippen LogP contribution is 2.13. The van der Waals surface area contributed by atoms with Gasteiger partial charge >= 0.3 is 0 Å². The molecule has 1 atom stereocenters. The molecule has 90 valence electrons. The molecule has 0 aromatic heterocycles. The van der Waals surface area contributed by atoms with Crippen molar-refractivity contribution in [1.29, 1.82) is 0 Å². The average Bonchev–Trinajstić information content (AvgIpc) is 2.06. The van der Waals surface area contributed by atoms with E-state index in [1.807, 2.05) is 0 Å². The predicted molar refractivity (Wildman–Crippen MR) is 61.3 cm³/mol. The third-order valence-electron chi connectivity index (χ3n) is 1.86. The summed E-state index contributed by atoms with van der Waals surface area (Å²) < 4.78 is 37.5. The maximum absolute atomic E-state index is 13.2. The van der Waals surface area contributed by atoms with E-state index in [1.165, 1.54) is 6.07 Å². The topological polar surface area (TPSA) is 43.1 Å². The van der Waals surface area contributed by atoms with Crippen LogP contribution in [-0.4, -0.2) is 15.5 Å². The van der Waals surface area contributed by atoms with Gasteiger partial charge in [-0.2, -0.15) is 0 Å². The highest BCUT2D eigenvalue weighted by Gasteiger charge is 2.16. The van der Waals surface area contributed by atoms with Crippen LogP contribution in [0.2, 0.25) is 0 Å². The van der Waals surface area contributed by atoms with Crippen LogP contribution < -0.4 is 5.73 Å². The van der Waals surface area contributed by atoms with Gasteiger partial charge in [0.1, 0.15) is 11.6 Å². The number of halogens is 2. The van der Waals surface area contributed by atoms with Gasteiger partial charge in [-0.05, 0) is 19.9 Å². The fourth-order valence-corrected chi connectivity index (χ4v) is 2.79. The number of rotatable bonds is 4. The molecule has 0 aliphatic rings. The molecule has 0 heterocycles. The van der Waals surface area contributed by atoms with Crippen LogP contribution in [0.4, 0.5) is 8.78 Å². The van der Waals surface area contributed by atoms with Crippen molar-refractivity contribution < 1.29 is 13.0 Å². The van der Waals surface area contributed by atoms with Crippen LogP contribution in [-0.2, 0) is 16.6 Å². The monoisotopic (exact) mass is 247 g/mol. The maximum Gasteiger partial charge on any atom is 0.130 e. The minimum Gasteiger partial charge on any atom is -0.325 e. The minimum atomic E-state index is -1.24. The van der Waals surface area contributed by atoms with Crippen LogP contribution in [0.1, 0.15) is 19.4 Å². The van der Waals surface area contributed by atoms with Gasteiger partial charge in [0.25, 0.3) is 0 Å². The van der Waals surface area contributed by atoms with E-state index in [4.69, 9.17) is 5.73 Å². The molecule has 1 unspecified atom stereocenters. The fraction of sp³-hybridized carbons (Fsp3) is 0.455. The van der Waals surface area contributed by atoms with Crippen LogP contribution in [0.5, 0.6) is 0 Å². The van der Waals surface area contributed by atoms with Crippen LogP contribution >= 0.6 is 0 Å².